The SMILES string of the molecule is CC(C)(C)N=C1OC(c2ccccc2)c2ccccc21. The van der Waals surface area contributed by atoms with Gasteiger partial charge in [0, 0.05) is 11.1 Å². The van der Waals surface area contributed by atoms with Crippen molar-refractivity contribution in [3.63, 3.8) is 0 Å². The molecular weight excluding hydrogens is 246 g/mol. The monoisotopic (exact) mass is 265 g/mol. The van der Waals surface area contributed by atoms with E-state index in [1.54, 1.807) is 0 Å². The van der Waals surface area contributed by atoms with Gasteiger partial charge in [-0.25, -0.2) is 4.99 Å². The van der Waals surface area contributed by atoms with Gasteiger partial charge in [0.15, 0.2) is 6.10 Å². The Morgan fingerprint density at radius 1 is 0.900 bits per heavy atom. The summed E-state index contributed by atoms with van der Waals surface area (Å²) in [5.41, 5.74) is 3.32. The van der Waals surface area contributed by atoms with Crippen molar-refractivity contribution in [3.05, 3.63) is 71.3 Å². The molecule has 0 aromatic heterocycles. The van der Waals surface area contributed by atoms with Gasteiger partial charge in [0.1, 0.15) is 0 Å². The van der Waals surface area contributed by atoms with Gasteiger partial charge in [-0.1, -0.05) is 48.5 Å². The molecule has 2 aromatic carbocycles. The van der Waals surface area contributed by atoms with Crippen LogP contribution in [-0.2, 0) is 4.74 Å². The second-order valence-electron chi connectivity index (χ2n) is 6.08. The fourth-order valence-corrected chi connectivity index (χ4v) is 2.43. The van der Waals surface area contributed by atoms with Crippen LogP contribution in [-0.4, -0.2) is 11.4 Å². The summed E-state index contributed by atoms with van der Waals surface area (Å²) in [6.07, 6.45) is -0.0477. The lowest BCUT2D eigenvalue weighted by molar-refractivity contribution is 0.248. The lowest BCUT2D eigenvalue weighted by Gasteiger charge is -2.15. The maximum Gasteiger partial charge on any atom is 0.217 e. The average Bonchev–Trinajstić information content (AvgIpc) is 2.77. The number of aliphatic imine (C=N–C) groups is 1. The quantitative estimate of drug-likeness (QED) is 0.751. The van der Waals surface area contributed by atoms with Crippen LogP contribution in [0.5, 0.6) is 0 Å². The minimum Gasteiger partial charge on any atom is -0.464 e. The highest BCUT2D eigenvalue weighted by Gasteiger charge is 2.31. The Hall–Kier alpha value is -2.09. The smallest absolute Gasteiger partial charge is 0.217 e. The minimum atomic E-state index is -0.145. The highest BCUT2D eigenvalue weighted by atomic mass is 16.5. The van der Waals surface area contributed by atoms with Crippen molar-refractivity contribution in [2.45, 2.75) is 32.4 Å². The third-order valence-electron chi connectivity index (χ3n) is 3.24. The van der Waals surface area contributed by atoms with E-state index >= 15 is 0 Å². The summed E-state index contributed by atoms with van der Waals surface area (Å²) in [6.45, 7) is 6.26. The Morgan fingerprint density at radius 3 is 2.25 bits per heavy atom. The summed E-state index contributed by atoms with van der Waals surface area (Å²) >= 11 is 0. The molecule has 2 aromatic rings. The Morgan fingerprint density at radius 2 is 1.55 bits per heavy atom. The molecule has 0 N–H and O–H groups in total. The number of ether oxygens (including phenoxy) is 1. The molecule has 1 aliphatic heterocycles. The zero-order chi connectivity index (χ0) is 14.2. The van der Waals surface area contributed by atoms with Gasteiger partial charge in [0.2, 0.25) is 5.90 Å². The Balaban J connectivity index is 2.08. The van der Waals surface area contributed by atoms with Crippen molar-refractivity contribution in [3.8, 4) is 0 Å². The van der Waals surface area contributed by atoms with Gasteiger partial charge in [-0.15, -0.1) is 0 Å². The van der Waals surface area contributed by atoms with Crippen molar-refractivity contribution < 1.29 is 4.74 Å². The third-order valence-corrected chi connectivity index (χ3v) is 3.24. The molecule has 0 bridgehead atoms. The standard InChI is InChI=1S/C18H19NO/c1-18(2,3)19-17-15-12-8-7-11-14(15)16(20-17)13-9-5-4-6-10-13/h4-12,16H,1-3H3. The molecule has 20 heavy (non-hydrogen) atoms. The van der Waals surface area contributed by atoms with Crippen LogP contribution in [0.1, 0.15) is 43.6 Å². The van der Waals surface area contributed by atoms with E-state index in [0.29, 0.717) is 0 Å². The second-order valence-corrected chi connectivity index (χ2v) is 6.08. The molecule has 0 amide bonds. The lowest BCUT2D eigenvalue weighted by atomic mass is 9.99. The molecule has 1 aliphatic rings. The predicted molar refractivity (Wildman–Crippen MR) is 82.1 cm³/mol. The molecule has 0 spiro atoms. The maximum atomic E-state index is 6.14. The molecule has 0 saturated carbocycles. The van der Waals surface area contributed by atoms with Gasteiger partial charge in [-0.05, 0) is 32.4 Å². The largest absolute Gasteiger partial charge is 0.464 e. The normalized spacial score (nSPS) is 19.8. The van der Waals surface area contributed by atoms with Crippen LogP contribution in [0.4, 0.5) is 0 Å². The third kappa shape index (κ3) is 2.46. The number of hydrogen-bond acceptors (Lipinski definition) is 2. The zero-order valence-corrected chi connectivity index (χ0v) is 12.1. The highest BCUT2D eigenvalue weighted by molar-refractivity contribution is 5.99. The number of fused-ring (bicyclic) bond motifs is 1. The van der Waals surface area contributed by atoms with E-state index in [9.17, 15) is 0 Å². The molecule has 102 valence electrons. The Labute approximate surface area is 120 Å². The molecule has 2 heteroatoms. The molecule has 1 atom stereocenters. The van der Waals surface area contributed by atoms with E-state index in [1.165, 1.54) is 11.1 Å². The van der Waals surface area contributed by atoms with Crippen molar-refractivity contribution in [2.24, 2.45) is 4.99 Å². The van der Waals surface area contributed by atoms with Gasteiger partial charge in [-0.2, -0.15) is 0 Å². The zero-order valence-electron chi connectivity index (χ0n) is 12.1. The van der Waals surface area contributed by atoms with Crippen molar-refractivity contribution in [1.29, 1.82) is 0 Å². The lowest BCUT2D eigenvalue weighted by Crippen LogP contribution is -2.14. The van der Waals surface area contributed by atoms with Crippen LogP contribution >= 0.6 is 0 Å². The Kier molecular flexibility index (Phi) is 3.09. The summed E-state index contributed by atoms with van der Waals surface area (Å²) in [6, 6.07) is 18.6. The van der Waals surface area contributed by atoms with Gasteiger partial charge < -0.3 is 4.74 Å². The minimum absolute atomic E-state index is 0.0477. The van der Waals surface area contributed by atoms with Gasteiger partial charge in [-0.3, -0.25) is 0 Å². The maximum absolute atomic E-state index is 6.14. The number of hydrogen-bond donors (Lipinski definition) is 0. The number of nitrogens with zero attached hydrogens (tertiary/aromatic N) is 1. The molecule has 1 heterocycles. The van der Waals surface area contributed by atoms with Gasteiger partial charge in [0.25, 0.3) is 0 Å². The summed E-state index contributed by atoms with van der Waals surface area (Å²) < 4.78 is 6.14. The van der Waals surface area contributed by atoms with Gasteiger partial charge in [0.05, 0.1) is 5.54 Å². The topological polar surface area (TPSA) is 21.6 Å². The molecule has 2 nitrogen and oxygen atoms in total. The first-order chi connectivity index (χ1) is 9.54. The van der Waals surface area contributed by atoms with Crippen LogP contribution in [0.2, 0.25) is 0 Å². The molecule has 0 fully saturated rings. The molecule has 0 saturated heterocycles. The summed E-state index contributed by atoms with van der Waals surface area (Å²) in [4.78, 5) is 4.72. The van der Waals surface area contributed by atoms with Crippen LogP contribution < -0.4 is 0 Å². The van der Waals surface area contributed by atoms with Crippen molar-refractivity contribution in [1.82, 2.24) is 0 Å². The molecule has 1 unspecified atom stereocenters. The van der Waals surface area contributed by atoms with E-state index < -0.39 is 0 Å². The van der Waals surface area contributed by atoms with E-state index in [4.69, 9.17) is 9.73 Å². The second kappa shape index (κ2) is 4.78. The average molecular weight is 265 g/mol. The fraction of sp³-hybridized carbons (Fsp3) is 0.278. The van der Waals surface area contributed by atoms with E-state index in [-0.39, 0.29) is 11.6 Å². The molecule has 0 radical (unpaired) electrons. The van der Waals surface area contributed by atoms with E-state index in [1.807, 2.05) is 24.3 Å². The predicted octanol–water partition coefficient (Wildman–Crippen LogP) is 4.35. The van der Waals surface area contributed by atoms with E-state index in [0.717, 1.165) is 11.5 Å². The molecule has 0 aliphatic carbocycles. The first-order valence-corrected chi connectivity index (χ1v) is 6.95. The Bertz CT molecular complexity index is 638. The van der Waals surface area contributed by atoms with E-state index in [2.05, 4.69) is 51.1 Å². The first-order valence-electron chi connectivity index (χ1n) is 6.95. The van der Waals surface area contributed by atoms with Crippen molar-refractivity contribution in [2.75, 3.05) is 0 Å². The van der Waals surface area contributed by atoms with Crippen LogP contribution in [0.25, 0.3) is 0 Å². The number of rotatable bonds is 1. The fourth-order valence-electron chi connectivity index (χ4n) is 2.43. The highest BCUT2D eigenvalue weighted by Crippen LogP contribution is 2.36. The first kappa shape index (κ1) is 12.9. The van der Waals surface area contributed by atoms with Gasteiger partial charge >= 0.3 is 0 Å². The summed E-state index contributed by atoms with van der Waals surface area (Å²) in [5.74, 6) is 0.752. The molecule has 3 rings (SSSR count). The summed E-state index contributed by atoms with van der Waals surface area (Å²) in [7, 11) is 0. The molecular formula is C18H19NO. The van der Waals surface area contributed by atoms with Crippen LogP contribution in [0.15, 0.2) is 59.6 Å². The summed E-state index contributed by atoms with van der Waals surface area (Å²) in [5, 5.41) is 0. The van der Waals surface area contributed by atoms with Crippen LogP contribution in [0, 0.1) is 0 Å². The van der Waals surface area contributed by atoms with Crippen LogP contribution in [0.3, 0.4) is 0 Å². The van der Waals surface area contributed by atoms with Crippen molar-refractivity contribution >= 4 is 5.90 Å². The number of benzene rings is 2.